The van der Waals surface area contributed by atoms with Crippen LogP contribution in [0.1, 0.15) is 26.0 Å². The van der Waals surface area contributed by atoms with Crippen molar-refractivity contribution in [1.82, 2.24) is 4.98 Å². The first-order chi connectivity index (χ1) is 6.58. The molecule has 0 radical (unpaired) electrons. The first-order valence-corrected chi connectivity index (χ1v) is 4.79. The molecule has 1 aromatic rings. The summed E-state index contributed by atoms with van der Waals surface area (Å²) in [6.45, 7) is 8.20. The van der Waals surface area contributed by atoms with Gasteiger partial charge in [0.05, 0.1) is 0 Å². The van der Waals surface area contributed by atoms with Gasteiger partial charge in [-0.15, -0.1) is 0 Å². The van der Waals surface area contributed by atoms with E-state index in [4.69, 9.17) is 4.74 Å². The zero-order chi connectivity index (χ0) is 10.2. The maximum Gasteiger partial charge on any atom is 0.107 e. The summed E-state index contributed by atoms with van der Waals surface area (Å²) in [5, 5.41) is 0. The highest BCUT2D eigenvalue weighted by molar-refractivity contribution is 5.48. The molecule has 1 saturated heterocycles. The SMILES string of the molecule is C=C1OC(=Cc2ccc[nH]2)CC1(C)C. The standard InChI is InChI=1S/C12H15NO/c1-9-12(2,3)8-11(14-9)7-10-5-4-6-13-10/h4-7,13H,1,8H2,2-3H3. The lowest BCUT2D eigenvalue weighted by Crippen LogP contribution is -2.05. The van der Waals surface area contributed by atoms with Crippen LogP contribution in [-0.4, -0.2) is 4.98 Å². The number of allylic oxidation sites excluding steroid dienone is 2. The maximum atomic E-state index is 5.60. The Labute approximate surface area is 84.3 Å². The smallest absolute Gasteiger partial charge is 0.107 e. The van der Waals surface area contributed by atoms with Crippen molar-refractivity contribution in [2.75, 3.05) is 0 Å². The van der Waals surface area contributed by atoms with E-state index in [-0.39, 0.29) is 5.41 Å². The van der Waals surface area contributed by atoms with Crippen LogP contribution >= 0.6 is 0 Å². The minimum atomic E-state index is 0.0679. The molecule has 2 nitrogen and oxygen atoms in total. The molecule has 0 unspecified atom stereocenters. The van der Waals surface area contributed by atoms with Crippen LogP contribution in [0.5, 0.6) is 0 Å². The van der Waals surface area contributed by atoms with Crippen LogP contribution in [0.15, 0.2) is 36.4 Å². The fraction of sp³-hybridized carbons (Fsp3) is 0.333. The molecule has 0 aromatic carbocycles. The van der Waals surface area contributed by atoms with Gasteiger partial charge in [-0.2, -0.15) is 0 Å². The molecule has 0 aliphatic carbocycles. The number of aromatic amines is 1. The third-order valence-electron chi connectivity index (χ3n) is 2.56. The molecule has 1 aromatic heterocycles. The average molecular weight is 189 g/mol. The van der Waals surface area contributed by atoms with Crippen molar-refractivity contribution >= 4 is 6.08 Å². The highest BCUT2D eigenvalue weighted by Crippen LogP contribution is 2.42. The van der Waals surface area contributed by atoms with Crippen LogP contribution in [0.4, 0.5) is 0 Å². The van der Waals surface area contributed by atoms with Gasteiger partial charge in [-0.05, 0) is 18.2 Å². The summed E-state index contributed by atoms with van der Waals surface area (Å²) >= 11 is 0. The summed E-state index contributed by atoms with van der Waals surface area (Å²) in [5.41, 5.74) is 1.14. The summed E-state index contributed by atoms with van der Waals surface area (Å²) in [6, 6.07) is 3.99. The summed E-state index contributed by atoms with van der Waals surface area (Å²) < 4.78 is 5.60. The van der Waals surface area contributed by atoms with Crippen molar-refractivity contribution in [3.8, 4) is 0 Å². The van der Waals surface area contributed by atoms with E-state index in [0.717, 1.165) is 23.6 Å². The normalized spacial score (nSPS) is 22.7. The maximum absolute atomic E-state index is 5.60. The second kappa shape index (κ2) is 3.05. The number of H-pyrrole nitrogens is 1. The minimum Gasteiger partial charge on any atom is -0.466 e. The quantitative estimate of drug-likeness (QED) is 0.720. The van der Waals surface area contributed by atoms with Crippen LogP contribution in [0.25, 0.3) is 6.08 Å². The Balaban J connectivity index is 2.20. The van der Waals surface area contributed by atoms with Crippen LogP contribution in [0.3, 0.4) is 0 Å². The zero-order valence-corrected chi connectivity index (χ0v) is 8.63. The van der Waals surface area contributed by atoms with Gasteiger partial charge in [-0.25, -0.2) is 0 Å². The Morgan fingerprint density at radius 1 is 1.57 bits per heavy atom. The van der Waals surface area contributed by atoms with Gasteiger partial charge in [0.25, 0.3) is 0 Å². The lowest BCUT2D eigenvalue weighted by molar-refractivity contribution is 0.308. The fourth-order valence-corrected chi connectivity index (χ4v) is 1.55. The fourth-order valence-electron chi connectivity index (χ4n) is 1.55. The van der Waals surface area contributed by atoms with Crippen molar-refractivity contribution in [3.05, 3.63) is 42.1 Å². The second-order valence-electron chi connectivity index (χ2n) is 4.32. The van der Waals surface area contributed by atoms with E-state index in [1.54, 1.807) is 0 Å². The van der Waals surface area contributed by atoms with E-state index in [0.29, 0.717) is 0 Å². The topological polar surface area (TPSA) is 25.0 Å². The Kier molecular flexibility index (Phi) is 1.99. The zero-order valence-electron chi connectivity index (χ0n) is 8.63. The molecule has 1 N–H and O–H groups in total. The summed E-state index contributed by atoms with van der Waals surface area (Å²) in [6.07, 6.45) is 4.85. The molecule has 2 heteroatoms. The van der Waals surface area contributed by atoms with Gasteiger partial charge in [-0.1, -0.05) is 20.4 Å². The molecule has 1 aliphatic heterocycles. The molecule has 0 atom stereocenters. The van der Waals surface area contributed by atoms with Crippen molar-refractivity contribution in [2.45, 2.75) is 20.3 Å². The van der Waals surface area contributed by atoms with E-state index in [9.17, 15) is 0 Å². The molecule has 1 fully saturated rings. The van der Waals surface area contributed by atoms with Crippen LogP contribution < -0.4 is 0 Å². The predicted molar refractivity (Wildman–Crippen MR) is 57.4 cm³/mol. The van der Waals surface area contributed by atoms with Crippen LogP contribution in [-0.2, 0) is 4.74 Å². The second-order valence-corrected chi connectivity index (χ2v) is 4.32. The number of ether oxygens (including phenoxy) is 1. The van der Waals surface area contributed by atoms with Gasteiger partial charge in [-0.3, -0.25) is 0 Å². The Hall–Kier alpha value is -1.44. The molecule has 74 valence electrons. The molecular weight excluding hydrogens is 174 g/mol. The van der Waals surface area contributed by atoms with Gasteiger partial charge in [0, 0.05) is 23.7 Å². The number of nitrogens with one attached hydrogen (secondary N) is 1. The van der Waals surface area contributed by atoms with E-state index in [2.05, 4.69) is 25.4 Å². The Morgan fingerprint density at radius 3 is 2.86 bits per heavy atom. The molecule has 0 amide bonds. The van der Waals surface area contributed by atoms with Gasteiger partial charge >= 0.3 is 0 Å². The monoisotopic (exact) mass is 189 g/mol. The van der Waals surface area contributed by atoms with E-state index < -0.39 is 0 Å². The summed E-state index contributed by atoms with van der Waals surface area (Å²) in [7, 11) is 0. The first-order valence-electron chi connectivity index (χ1n) is 4.79. The van der Waals surface area contributed by atoms with Crippen molar-refractivity contribution in [1.29, 1.82) is 0 Å². The van der Waals surface area contributed by atoms with Crippen LogP contribution in [0.2, 0.25) is 0 Å². The van der Waals surface area contributed by atoms with Crippen molar-refractivity contribution < 1.29 is 4.74 Å². The molecule has 0 bridgehead atoms. The molecule has 14 heavy (non-hydrogen) atoms. The summed E-state index contributed by atoms with van der Waals surface area (Å²) in [5.74, 6) is 1.85. The highest BCUT2D eigenvalue weighted by atomic mass is 16.5. The van der Waals surface area contributed by atoms with Crippen molar-refractivity contribution in [2.24, 2.45) is 5.41 Å². The summed E-state index contributed by atoms with van der Waals surface area (Å²) in [4.78, 5) is 3.12. The first kappa shape index (κ1) is 9.13. The van der Waals surface area contributed by atoms with Crippen LogP contribution in [0, 0.1) is 5.41 Å². The molecular formula is C12H15NO. The number of aromatic nitrogens is 1. The molecule has 2 rings (SSSR count). The van der Waals surface area contributed by atoms with E-state index >= 15 is 0 Å². The number of hydrogen-bond acceptors (Lipinski definition) is 1. The van der Waals surface area contributed by atoms with Gasteiger partial charge in [0.2, 0.25) is 0 Å². The van der Waals surface area contributed by atoms with Gasteiger partial charge < -0.3 is 9.72 Å². The Bertz CT molecular complexity index is 371. The Morgan fingerprint density at radius 2 is 2.36 bits per heavy atom. The van der Waals surface area contributed by atoms with Crippen molar-refractivity contribution in [3.63, 3.8) is 0 Å². The molecule has 0 spiro atoms. The molecule has 2 heterocycles. The van der Waals surface area contributed by atoms with Gasteiger partial charge in [0.15, 0.2) is 0 Å². The van der Waals surface area contributed by atoms with E-state index in [1.165, 1.54) is 0 Å². The average Bonchev–Trinajstić information content (AvgIpc) is 2.62. The third kappa shape index (κ3) is 1.60. The third-order valence-corrected chi connectivity index (χ3v) is 2.56. The number of rotatable bonds is 1. The molecule has 0 saturated carbocycles. The minimum absolute atomic E-state index is 0.0679. The lowest BCUT2D eigenvalue weighted by Gasteiger charge is -2.12. The highest BCUT2D eigenvalue weighted by Gasteiger charge is 2.32. The van der Waals surface area contributed by atoms with E-state index in [1.807, 2.05) is 24.4 Å². The lowest BCUT2D eigenvalue weighted by atomic mass is 9.89. The van der Waals surface area contributed by atoms with Gasteiger partial charge in [0.1, 0.15) is 11.5 Å². The largest absolute Gasteiger partial charge is 0.466 e. The number of hydrogen-bond donors (Lipinski definition) is 1. The molecule has 1 aliphatic rings. The predicted octanol–water partition coefficient (Wildman–Crippen LogP) is 3.32.